The number of ether oxygens (including phenoxy) is 1. The van der Waals surface area contributed by atoms with Crippen LogP contribution in [0.5, 0.6) is 11.5 Å². The van der Waals surface area contributed by atoms with Crippen LogP contribution in [0, 0.1) is 6.92 Å². The molecule has 0 unspecified atom stereocenters. The second-order valence-electron chi connectivity index (χ2n) is 5.58. The van der Waals surface area contributed by atoms with Crippen molar-refractivity contribution in [2.75, 3.05) is 0 Å². The number of rotatable bonds is 5. The van der Waals surface area contributed by atoms with E-state index in [2.05, 4.69) is 10.3 Å². The molecule has 2 aromatic carbocycles. The Bertz CT molecular complexity index is 879. The van der Waals surface area contributed by atoms with Gasteiger partial charge < -0.3 is 10.1 Å². The van der Waals surface area contributed by atoms with Gasteiger partial charge in [0.1, 0.15) is 11.5 Å². The van der Waals surface area contributed by atoms with Crippen LogP contribution in [-0.2, 0) is 6.54 Å². The van der Waals surface area contributed by atoms with E-state index in [0.29, 0.717) is 28.6 Å². The second-order valence-corrected chi connectivity index (χ2v) is 6.01. The summed E-state index contributed by atoms with van der Waals surface area (Å²) in [6.45, 7) is 2.28. The van der Waals surface area contributed by atoms with Gasteiger partial charge in [-0.15, -0.1) is 0 Å². The van der Waals surface area contributed by atoms with Crippen LogP contribution in [0.25, 0.3) is 0 Å². The highest BCUT2D eigenvalue weighted by molar-refractivity contribution is 6.30. The van der Waals surface area contributed by atoms with E-state index in [4.69, 9.17) is 16.3 Å². The summed E-state index contributed by atoms with van der Waals surface area (Å²) in [6.07, 6.45) is 1.57. The van der Waals surface area contributed by atoms with E-state index in [-0.39, 0.29) is 5.91 Å². The fourth-order valence-corrected chi connectivity index (χ4v) is 2.45. The summed E-state index contributed by atoms with van der Waals surface area (Å²) < 4.78 is 5.80. The third kappa shape index (κ3) is 4.81. The summed E-state index contributed by atoms with van der Waals surface area (Å²) >= 11 is 5.96. The molecule has 25 heavy (non-hydrogen) atoms. The third-order valence-electron chi connectivity index (χ3n) is 3.56. The molecule has 3 aromatic rings. The van der Waals surface area contributed by atoms with Gasteiger partial charge in [0.05, 0.1) is 5.56 Å². The largest absolute Gasteiger partial charge is 0.457 e. The Morgan fingerprint density at radius 3 is 2.56 bits per heavy atom. The van der Waals surface area contributed by atoms with Gasteiger partial charge in [-0.05, 0) is 55.0 Å². The van der Waals surface area contributed by atoms with Crippen molar-refractivity contribution in [3.63, 3.8) is 0 Å². The first-order chi connectivity index (χ1) is 12.1. The highest BCUT2D eigenvalue weighted by atomic mass is 35.5. The van der Waals surface area contributed by atoms with Crippen molar-refractivity contribution in [1.82, 2.24) is 10.3 Å². The molecular weight excluding hydrogens is 336 g/mol. The van der Waals surface area contributed by atoms with Gasteiger partial charge in [0.15, 0.2) is 0 Å². The smallest absolute Gasteiger partial charge is 0.253 e. The Morgan fingerprint density at radius 2 is 1.84 bits per heavy atom. The van der Waals surface area contributed by atoms with E-state index < -0.39 is 0 Å². The van der Waals surface area contributed by atoms with Crippen molar-refractivity contribution in [1.29, 1.82) is 0 Å². The number of amides is 1. The first kappa shape index (κ1) is 17.0. The minimum absolute atomic E-state index is 0.159. The summed E-state index contributed by atoms with van der Waals surface area (Å²) in [5.41, 5.74) is 2.35. The Morgan fingerprint density at radius 1 is 1.08 bits per heavy atom. The molecular formula is C20H17ClN2O2. The molecule has 1 N–H and O–H groups in total. The minimum Gasteiger partial charge on any atom is -0.457 e. The monoisotopic (exact) mass is 352 g/mol. The molecule has 1 aromatic heterocycles. The van der Waals surface area contributed by atoms with Crippen molar-refractivity contribution in [2.45, 2.75) is 13.5 Å². The number of carbonyl (C=O) groups excluding carboxylic acids is 1. The number of benzene rings is 2. The Labute approximate surface area is 151 Å². The van der Waals surface area contributed by atoms with Crippen LogP contribution >= 0.6 is 11.6 Å². The number of pyridine rings is 1. The first-order valence-corrected chi connectivity index (χ1v) is 8.21. The van der Waals surface area contributed by atoms with E-state index in [1.807, 2.05) is 49.4 Å². The quantitative estimate of drug-likeness (QED) is 0.719. The predicted octanol–water partition coefficient (Wildman–Crippen LogP) is 4.77. The van der Waals surface area contributed by atoms with Gasteiger partial charge >= 0.3 is 0 Å². The number of halogens is 1. The van der Waals surface area contributed by atoms with Crippen LogP contribution in [0.15, 0.2) is 66.9 Å². The number of carbonyl (C=O) groups is 1. The van der Waals surface area contributed by atoms with Crippen molar-refractivity contribution in [3.8, 4) is 11.5 Å². The van der Waals surface area contributed by atoms with Crippen molar-refractivity contribution in [3.05, 3.63) is 88.7 Å². The lowest BCUT2D eigenvalue weighted by atomic mass is 10.2. The summed E-state index contributed by atoms with van der Waals surface area (Å²) in [5.74, 6) is 1.19. The molecule has 0 radical (unpaired) electrons. The minimum atomic E-state index is -0.159. The van der Waals surface area contributed by atoms with E-state index in [9.17, 15) is 4.79 Å². The lowest BCUT2D eigenvalue weighted by Gasteiger charge is -2.09. The van der Waals surface area contributed by atoms with Crippen LogP contribution in [-0.4, -0.2) is 10.9 Å². The SMILES string of the molecule is Cc1ccc(C(=O)NCc2cccc(Oc3cccc(Cl)c3)c2)cn1. The second kappa shape index (κ2) is 7.81. The molecule has 0 fully saturated rings. The highest BCUT2D eigenvalue weighted by Crippen LogP contribution is 2.24. The standard InChI is InChI=1S/C20H17ClN2O2/c1-14-8-9-16(13-22-14)20(24)23-12-15-4-2-6-18(10-15)25-19-7-3-5-17(21)11-19/h2-11,13H,12H2,1H3,(H,23,24). The number of aryl methyl sites for hydroxylation is 1. The van der Waals surface area contributed by atoms with E-state index in [0.717, 1.165) is 11.3 Å². The summed E-state index contributed by atoms with van der Waals surface area (Å²) in [7, 11) is 0. The fourth-order valence-electron chi connectivity index (χ4n) is 2.27. The molecule has 0 spiro atoms. The molecule has 1 amide bonds. The number of aromatic nitrogens is 1. The molecule has 3 rings (SSSR count). The van der Waals surface area contributed by atoms with Crippen LogP contribution in [0.4, 0.5) is 0 Å². The maximum atomic E-state index is 12.1. The Hall–Kier alpha value is -2.85. The third-order valence-corrected chi connectivity index (χ3v) is 3.79. The molecule has 0 saturated heterocycles. The molecule has 0 saturated carbocycles. The van der Waals surface area contributed by atoms with Gasteiger partial charge in [-0.25, -0.2) is 0 Å². The van der Waals surface area contributed by atoms with Crippen molar-refractivity contribution >= 4 is 17.5 Å². The van der Waals surface area contributed by atoms with Gasteiger partial charge in [0, 0.05) is 23.5 Å². The lowest BCUT2D eigenvalue weighted by molar-refractivity contribution is 0.0950. The molecule has 0 aliphatic rings. The van der Waals surface area contributed by atoms with Gasteiger partial charge in [0.2, 0.25) is 0 Å². The molecule has 0 bridgehead atoms. The molecule has 5 heteroatoms. The highest BCUT2D eigenvalue weighted by Gasteiger charge is 2.06. The van der Waals surface area contributed by atoms with E-state index in [1.54, 1.807) is 24.4 Å². The predicted molar refractivity (Wildman–Crippen MR) is 98.1 cm³/mol. The van der Waals surface area contributed by atoms with Crippen molar-refractivity contribution in [2.24, 2.45) is 0 Å². The maximum Gasteiger partial charge on any atom is 0.253 e. The molecule has 126 valence electrons. The average molecular weight is 353 g/mol. The summed E-state index contributed by atoms with van der Waals surface area (Å²) in [5, 5.41) is 3.50. The first-order valence-electron chi connectivity index (χ1n) is 7.83. The number of nitrogens with zero attached hydrogens (tertiary/aromatic N) is 1. The van der Waals surface area contributed by atoms with E-state index in [1.165, 1.54) is 0 Å². The van der Waals surface area contributed by atoms with Crippen molar-refractivity contribution < 1.29 is 9.53 Å². The number of hydrogen-bond donors (Lipinski definition) is 1. The average Bonchev–Trinajstić information content (AvgIpc) is 2.61. The van der Waals surface area contributed by atoms with Gasteiger partial charge in [-0.3, -0.25) is 9.78 Å². The van der Waals surface area contributed by atoms with Crippen LogP contribution < -0.4 is 10.1 Å². The molecule has 0 atom stereocenters. The topological polar surface area (TPSA) is 51.2 Å². The zero-order chi connectivity index (χ0) is 17.6. The Balaban J connectivity index is 1.63. The van der Waals surface area contributed by atoms with Gasteiger partial charge in [-0.1, -0.05) is 29.8 Å². The van der Waals surface area contributed by atoms with Gasteiger partial charge in [0.25, 0.3) is 5.91 Å². The van der Waals surface area contributed by atoms with E-state index >= 15 is 0 Å². The normalized spacial score (nSPS) is 10.3. The zero-order valence-electron chi connectivity index (χ0n) is 13.7. The van der Waals surface area contributed by atoms with Crippen LogP contribution in [0.2, 0.25) is 5.02 Å². The van der Waals surface area contributed by atoms with Crippen LogP contribution in [0.3, 0.4) is 0 Å². The summed E-state index contributed by atoms with van der Waals surface area (Å²) in [6, 6.07) is 18.3. The van der Waals surface area contributed by atoms with Crippen LogP contribution in [0.1, 0.15) is 21.6 Å². The number of hydrogen-bond acceptors (Lipinski definition) is 3. The molecule has 4 nitrogen and oxygen atoms in total. The summed E-state index contributed by atoms with van der Waals surface area (Å²) in [4.78, 5) is 16.3. The maximum absolute atomic E-state index is 12.1. The molecule has 0 aliphatic heterocycles. The fraction of sp³-hybridized carbons (Fsp3) is 0.100. The molecule has 0 aliphatic carbocycles. The Kier molecular flexibility index (Phi) is 5.31. The van der Waals surface area contributed by atoms with Gasteiger partial charge in [-0.2, -0.15) is 0 Å². The lowest BCUT2D eigenvalue weighted by Crippen LogP contribution is -2.22. The zero-order valence-corrected chi connectivity index (χ0v) is 14.5. The molecule has 1 heterocycles. The number of nitrogens with one attached hydrogen (secondary N) is 1.